The van der Waals surface area contributed by atoms with Crippen molar-refractivity contribution in [3.63, 3.8) is 0 Å². The van der Waals surface area contributed by atoms with Crippen molar-refractivity contribution >= 4 is 44.6 Å². The molecule has 12 heteroatoms. The maximum absolute atomic E-state index is 13.6. The summed E-state index contributed by atoms with van der Waals surface area (Å²) in [6, 6.07) is 4.99. The smallest absolute Gasteiger partial charge is 0.248 e. The van der Waals surface area contributed by atoms with E-state index in [0.717, 1.165) is 23.1 Å². The van der Waals surface area contributed by atoms with E-state index >= 15 is 0 Å². The molecular formula is C27H27BrN8O3. The van der Waals surface area contributed by atoms with E-state index in [0.29, 0.717) is 45.4 Å². The number of aliphatic hydroxyl groups is 1. The first-order valence-electron chi connectivity index (χ1n) is 12.8. The van der Waals surface area contributed by atoms with Crippen LogP contribution >= 0.6 is 15.9 Å². The Bertz CT molecular complexity index is 1600. The van der Waals surface area contributed by atoms with E-state index in [2.05, 4.69) is 46.3 Å². The fourth-order valence-corrected chi connectivity index (χ4v) is 5.61. The highest BCUT2D eigenvalue weighted by atomic mass is 79.9. The van der Waals surface area contributed by atoms with Crippen molar-refractivity contribution in [3.8, 4) is 11.1 Å². The Balaban J connectivity index is 1.26. The van der Waals surface area contributed by atoms with E-state index in [9.17, 15) is 14.7 Å². The first-order valence-corrected chi connectivity index (χ1v) is 13.6. The summed E-state index contributed by atoms with van der Waals surface area (Å²) >= 11 is 3.35. The molecule has 2 aliphatic rings. The van der Waals surface area contributed by atoms with Crippen molar-refractivity contribution in [2.45, 2.75) is 45.9 Å². The Hall–Kier alpha value is -3.77. The van der Waals surface area contributed by atoms with E-state index in [4.69, 9.17) is 0 Å². The number of pyridine rings is 2. The van der Waals surface area contributed by atoms with Crippen molar-refractivity contribution in [1.82, 2.24) is 34.6 Å². The van der Waals surface area contributed by atoms with E-state index in [1.165, 1.54) is 4.68 Å². The lowest BCUT2D eigenvalue weighted by Crippen LogP contribution is -2.47. The zero-order chi connectivity index (χ0) is 27.4. The lowest BCUT2D eigenvalue weighted by molar-refractivity contribution is -0.138. The third-order valence-electron chi connectivity index (χ3n) is 7.45. The maximum Gasteiger partial charge on any atom is 0.248 e. The van der Waals surface area contributed by atoms with Gasteiger partial charge in [0.05, 0.1) is 6.10 Å². The molecule has 0 bridgehead atoms. The third-order valence-corrected chi connectivity index (χ3v) is 7.90. The molecule has 4 aromatic heterocycles. The van der Waals surface area contributed by atoms with Crippen LogP contribution in [0, 0.1) is 25.7 Å². The molecule has 1 unspecified atom stereocenters. The van der Waals surface area contributed by atoms with Gasteiger partial charge in [0.15, 0.2) is 5.65 Å². The Kier molecular flexibility index (Phi) is 6.38. The van der Waals surface area contributed by atoms with Crippen LogP contribution in [0.1, 0.15) is 36.5 Å². The average molecular weight is 591 g/mol. The minimum Gasteiger partial charge on any atom is -0.387 e. The average Bonchev–Trinajstić information content (AvgIpc) is 3.41. The fraction of sp³-hybridized carbons (Fsp3) is 0.370. The number of carbonyl (C=O) groups is 2. The van der Waals surface area contributed by atoms with Crippen molar-refractivity contribution in [1.29, 1.82) is 0 Å². The number of nitrogens with one attached hydrogen (secondary N) is 1. The van der Waals surface area contributed by atoms with Gasteiger partial charge in [-0.15, -0.1) is 0 Å². The van der Waals surface area contributed by atoms with Crippen LogP contribution in [0.25, 0.3) is 22.2 Å². The maximum atomic E-state index is 13.6. The summed E-state index contributed by atoms with van der Waals surface area (Å²) in [5.41, 5.74) is 3.31. The van der Waals surface area contributed by atoms with Crippen LogP contribution in [0.15, 0.2) is 41.4 Å². The Morgan fingerprint density at radius 2 is 1.90 bits per heavy atom. The zero-order valence-corrected chi connectivity index (χ0v) is 23.3. The molecule has 0 aromatic carbocycles. The minimum atomic E-state index is -0.867. The highest BCUT2D eigenvalue weighted by molar-refractivity contribution is 9.10. The quantitative estimate of drug-likeness (QED) is 0.326. The number of hydrogen-bond acceptors (Lipinski definition) is 8. The van der Waals surface area contributed by atoms with E-state index in [-0.39, 0.29) is 24.3 Å². The van der Waals surface area contributed by atoms with Crippen molar-refractivity contribution < 1.29 is 14.7 Å². The highest BCUT2D eigenvalue weighted by Gasteiger charge is 2.56. The predicted octanol–water partition coefficient (Wildman–Crippen LogP) is 3.20. The van der Waals surface area contributed by atoms with Crippen LogP contribution in [0.5, 0.6) is 0 Å². The number of aliphatic hydroxyl groups excluding tert-OH is 1. The molecule has 2 fully saturated rings. The van der Waals surface area contributed by atoms with Gasteiger partial charge in [-0.1, -0.05) is 6.07 Å². The topological polar surface area (TPSA) is 139 Å². The molecule has 2 N–H and O–H groups in total. The minimum absolute atomic E-state index is 0.0966. The summed E-state index contributed by atoms with van der Waals surface area (Å²) in [5.74, 6) is 1.14. The summed E-state index contributed by atoms with van der Waals surface area (Å²) in [6.07, 6.45) is 5.18. The summed E-state index contributed by atoms with van der Waals surface area (Å²) < 4.78 is 2.13. The largest absolute Gasteiger partial charge is 0.387 e. The van der Waals surface area contributed by atoms with Gasteiger partial charge in [-0.05, 0) is 72.7 Å². The Morgan fingerprint density at radius 1 is 1.15 bits per heavy atom. The molecule has 0 radical (unpaired) electrons. The number of nitrogens with zero attached hydrogens (tertiary/aromatic N) is 7. The monoisotopic (exact) mass is 590 g/mol. The number of carbonyl (C=O) groups excluding carboxylic acids is 2. The normalized spacial score (nSPS) is 20.6. The van der Waals surface area contributed by atoms with E-state index in [1.807, 2.05) is 32.0 Å². The lowest BCUT2D eigenvalue weighted by atomic mass is 10.1. The molecule has 11 nitrogen and oxygen atoms in total. The first-order chi connectivity index (χ1) is 18.7. The summed E-state index contributed by atoms with van der Waals surface area (Å²) in [4.78, 5) is 46.0. The molecule has 200 valence electrons. The first kappa shape index (κ1) is 25.5. The van der Waals surface area contributed by atoms with Crippen molar-refractivity contribution in [2.75, 3.05) is 11.9 Å². The van der Waals surface area contributed by atoms with E-state index < -0.39 is 12.1 Å². The molecule has 1 saturated heterocycles. The number of anilines is 1. The summed E-state index contributed by atoms with van der Waals surface area (Å²) in [6.45, 7) is 5.75. The van der Waals surface area contributed by atoms with Crippen LogP contribution in [0.2, 0.25) is 0 Å². The standard InChI is InChI=1S/C27H27BrN8O3/c1-13-4-5-21(28)32-25(13)33-27(39)24-19-7-17(19)11-35(24)22(38)12-36-26-20(23(34-36)14(2)37)6-16(8-31-26)18-9-29-15(3)30-10-18/h4-6,8-10,14,17,19,24,37H,7,11-12H2,1-3H3,(H,32,33,39)/t14?,17-,19-,24+/m1/s1. The van der Waals surface area contributed by atoms with Gasteiger partial charge in [-0.2, -0.15) is 5.10 Å². The number of halogens is 1. The highest BCUT2D eigenvalue weighted by Crippen LogP contribution is 2.50. The number of amides is 2. The Labute approximate surface area is 232 Å². The van der Waals surface area contributed by atoms with Crippen LogP contribution in [0.3, 0.4) is 0 Å². The van der Waals surface area contributed by atoms with Gasteiger partial charge in [0.25, 0.3) is 0 Å². The second-order valence-electron chi connectivity index (χ2n) is 10.3. The van der Waals surface area contributed by atoms with Gasteiger partial charge >= 0.3 is 0 Å². The molecule has 2 amide bonds. The van der Waals surface area contributed by atoms with Crippen molar-refractivity contribution in [3.05, 3.63) is 58.5 Å². The second kappa shape index (κ2) is 9.76. The third kappa shape index (κ3) is 4.78. The molecular weight excluding hydrogens is 564 g/mol. The predicted molar refractivity (Wildman–Crippen MR) is 146 cm³/mol. The molecule has 5 heterocycles. The summed E-state index contributed by atoms with van der Waals surface area (Å²) in [5, 5.41) is 18.5. The molecule has 6 rings (SSSR count). The molecule has 1 aliphatic carbocycles. The van der Waals surface area contributed by atoms with Gasteiger partial charge in [0, 0.05) is 41.6 Å². The molecule has 1 saturated carbocycles. The van der Waals surface area contributed by atoms with Gasteiger partial charge in [0.2, 0.25) is 11.8 Å². The van der Waals surface area contributed by atoms with E-state index in [1.54, 1.807) is 30.4 Å². The second-order valence-corrected chi connectivity index (χ2v) is 11.1. The SMILES string of the molecule is Cc1ncc(-c2cnc3c(c2)c(C(C)O)nn3CC(=O)N2C[C@H]3C[C@H]3[C@H]2C(=O)Nc2nc(Br)ccc2C)cn1. The summed E-state index contributed by atoms with van der Waals surface area (Å²) in [7, 11) is 0. The van der Waals surface area contributed by atoms with Gasteiger partial charge in [-0.3, -0.25) is 9.59 Å². The number of fused-ring (bicyclic) bond motifs is 2. The van der Waals surface area contributed by atoms with Crippen LogP contribution in [-0.2, 0) is 16.1 Å². The number of likely N-dealkylation sites (tertiary alicyclic amines) is 1. The lowest BCUT2D eigenvalue weighted by Gasteiger charge is -2.27. The number of aryl methyl sites for hydroxylation is 2. The zero-order valence-electron chi connectivity index (χ0n) is 21.7. The molecule has 39 heavy (non-hydrogen) atoms. The molecule has 0 spiro atoms. The number of piperidine rings is 1. The number of hydrogen-bond donors (Lipinski definition) is 2. The number of aromatic nitrogens is 6. The van der Waals surface area contributed by atoms with Crippen LogP contribution in [0.4, 0.5) is 5.82 Å². The van der Waals surface area contributed by atoms with Gasteiger partial charge < -0.3 is 15.3 Å². The van der Waals surface area contributed by atoms with Crippen LogP contribution in [-0.4, -0.2) is 64.1 Å². The van der Waals surface area contributed by atoms with Crippen molar-refractivity contribution in [2.24, 2.45) is 11.8 Å². The van der Waals surface area contributed by atoms with Crippen LogP contribution < -0.4 is 5.32 Å². The molecule has 4 aromatic rings. The van der Waals surface area contributed by atoms with Gasteiger partial charge in [0.1, 0.15) is 34.5 Å². The Morgan fingerprint density at radius 3 is 2.64 bits per heavy atom. The fourth-order valence-electron chi connectivity index (χ4n) is 5.30. The number of rotatable bonds is 6. The van der Waals surface area contributed by atoms with Gasteiger partial charge in [-0.25, -0.2) is 24.6 Å². The molecule has 1 aliphatic heterocycles. The molecule has 4 atom stereocenters.